The van der Waals surface area contributed by atoms with E-state index in [9.17, 15) is 23.1 Å². The number of aliphatic hydroxyl groups is 1. The highest BCUT2D eigenvalue weighted by molar-refractivity contribution is 7.89. The number of amides is 1. The third-order valence-electron chi connectivity index (χ3n) is 6.22. The second-order valence-electron chi connectivity index (χ2n) is 8.30. The van der Waals surface area contributed by atoms with Crippen LogP contribution in [-0.4, -0.2) is 88.1 Å². The normalized spacial score (nSPS) is 20.6. The van der Waals surface area contributed by atoms with Crippen molar-refractivity contribution in [2.24, 2.45) is 0 Å². The third kappa shape index (κ3) is 4.87. The quantitative estimate of drug-likeness (QED) is 0.320. The highest BCUT2D eigenvalue weighted by atomic mass is 32.2. The number of nitrogens with zero attached hydrogens (tertiary/aromatic N) is 2. The molecule has 10 nitrogen and oxygen atoms in total. The van der Waals surface area contributed by atoms with Gasteiger partial charge in [-0.05, 0) is 42.0 Å². The predicted molar refractivity (Wildman–Crippen MR) is 130 cm³/mol. The number of hydrogen-bond donors (Lipinski definition) is 1. The molecule has 0 radical (unpaired) electrons. The Hall–Kier alpha value is -3.25. The summed E-state index contributed by atoms with van der Waals surface area (Å²) in [6.45, 7) is 1.50. The smallest absolute Gasteiger partial charge is 0.295 e. The number of sulfonamides is 1. The van der Waals surface area contributed by atoms with Crippen LogP contribution < -0.4 is 4.74 Å². The van der Waals surface area contributed by atoms with Gasteiger partial charge in [0.15, 0.2) is 0 Å². The summed E-state index contributed by atoms with van der Waals surface area (Å²) in [5.74, 6) is -1.45. The number of aliphatic hydroxyl groups excluding tert-OH is 1. The van der Waals surface area contributed by atoms with Crippen molar-refractivity contribution < 1.29 is 37.3 Å². The number of morpholine rings is 1. The molecule has 11 heteroatoms. The molecule has 0 bridgehead atoms. The summed E-state index contributed by atoms with van der Waals surface area (Å²) in [7, 11) is -0.728. The minimum atomic E-state index is -3.73. The van der Waals surface area contributed by atoms with Gasteiger partial charge in [-0.25, -0.2) is 8.42 Å². The van der Waals surface area contributed by atoms with Crippen molar-refractivity contribution in [3.63, 3.8) is 0 Å². The molecule has 1 amide bonds. The molecule has 2 heterocycles. The van der Waals surface area contributed by atoms with Crippen molar-refractivity contribution in [3.05, 3.63) is 65.2 Å². The maximum Gasteiger partial charge on any atom is 0.295 e. The van der Waals surface area contributed by atoms with Crippen molar-refractivity contribution in [3.8, 4) is 5.75 Å². The Morgan fingerprint density at radius 1 is 1.08 bits per heavy atom. The molecule has 36 heavy (non-hydrogen) atoms. The summed E-state index contributed by atoms with van der Waals surface area (Å²) < 4.78 is 42.8. The number of methoxy groups -OCH3 is 2. The number of ether oxygens (including phenoxy) is 3. The highest BCUT2D eigenvalue weighted by Gasteiger charge is 2.46. The molecule has 2 aliphatic rings. The van der Waals surface area contributed by atoms with Crippen molar-refractivity contribution in [2.45, 2.75) is 10.9 Å². The standard InChI is InChI=1S/C25H28N2O8S/c1-33-13-12-27-22(18-4-3-5-19(16-18)34-2)21(24(29)25(27)30)23(28)17-6-8-20(9-7-17)36(31,32)26-10-14-35-15-11-26/h3-9,16,22,28H,10-15H2,1-2H3. The van der Waals surface area contributed by atoms with Crippen LogP contribution in [0.5, 0.6) is 5.75 Å². The molecule has 0 aromatic heterocycles. The van der Waals surface area contributed by atoms with E-state index in [0.29, 0.717) is 24.5 Å². The molecule has 2 fully saturated rings. The Bertz CT molecular complexity index is 1270. The summed E-state index contributed by atoms with van der Waals surface area (Å²) in [6.07, 6.45) is 0. The zero-order chi connectivity index (χ0) is 25.9. The molecule has 4 rings (SSSR count). The second-order valence-corrected chi connectivity index (χ2v) is 10.2. The van der Waals surface area contributed by atoms with Gasteiger partial charge in [0.2, 0.25) is 10.0 Å². The van der Waals surface area contributed by atoms with E-state index in [1.807, 2.05) is 0 Å². The Kier molecular flexibility index (Phi) is 7.74. The molecule has 2 aliphatic heterocycles. The lowest BCUT2D eigenvalue weighted by molar-refractivity contribution is -0.140. The fourth-order valence-electron chi connectivity index (χ4n) is 4.33. The zero-order valence-corrected chi connectivity index (χ0v) is 20.9. The summed E-state index contributed by atoms with van der Waals surface area (Å²) in [5.41, 5.74) is 0.708. The van der Waals surface area contributed by atoms with Crippen molar-refractivity contribution >= 4 is 27.5 Å². The van der Waals surface area contributed by atoms with Gasteiger partial charge in [0.05, 0.1) is 43.4 Å². The van der Waals surface area contributed by atoms with E-state index in [-0.39, 0.29) is 42.3 Å². The number of rotatable bonds is 8. The van der Waals surface area contributed by atoms with Crippen LogP contribution in [-0.2, 0) is 29.1 Å². The van der Waals surface area contributed by atoms with Gasteiger partial charge >= 0.3 is 0 Å². The number of carbonyl (C=O) groups excluding carboxylic acids is 2. The Morgan fingerprint density at radius 2 is 1.78 bits per heavy atom. The van der Waals surface area contributed by atoms with Crippen molar-refractivity contribution in [2.75, 3.05) is 53.7 Å². The minimum absolute atomic E-state index is 0.0610. The van der Waals surface area contributed by atoms with Gasteiger partial charge in [-0.15, -0.1) is 0 Å². The van der Waals surface area contributed by atoms with E-state index >= 15 is 0 Å². The maximum atomic E-state index is 13.1. The Labute approximate surface area is 209 Å². The number of benzene rings is 2. The largest absolute Gasteiger partial charge is 0.507 e. The third-order valence-corrected chi connectivity index (χ3v) is 8.13. The number of likely N-dealkylation sites (tertiary alicyclic amines) is 1. The highest BCUT2D eigenvalue weighted by Crippen LogP contribution is 2.40. The first-order valence-electron chi connectivity index (χ1n) is 11.4. The zero-order valence-electron chi connectivity index (χ0n) is 20.0. The topological polar surface area (TPSA) is 123 Å². The first-order valence-corrected chi connectivity index (χ1v) is 12.8. The summed E-state index contributed by atoms with van der Waals surface area (Å²) in [5, 5.41) is 11.2. The van der Waals surface area contributed by atoms with Gasteiger partial charge in [-0.2, -0.15) is 4.31 Å². The summed E-state index contributed by atoms with van der Waals surface area (Å²) >= 11 is 0. The van der Waals surface area contributed by atoms with Crippen LogP contribution in [0.2, 0.25) is 0 Å². The molecule has 2 aromatic carbocycles. The first kappa shape index (κ1) is 25.8. The van der Waals surface area contributed by atoms with E-state index in [0.717, 1.165) is 0 Å². The molecule has 1 N–H and O–H groups in total. The van der Waals surface area contributed by atoms with Gasteiger partial charge in [0, 0.05) is 32.3 Å². The van der Waals surface area contributed by atoms with Gasteiger partial charge in [0.1, 0.15) is 11.5 Å². The van der Waals surface area contributed by atoms with Gasteiger partial charge in [-0.3, -0.25) is 9.59 Å². The van der Waals surface area contributed by atoms with E-state index in [2.05, 4.69) is 0 Å². The van der Waals surface area contributed by atoms with E-state index < -0.39 is 33.5 Å². The van der Waals surface area contributed by atoms with Crippen LogP contribution in [0.3, 0.4) is 0 Å². The van der Waals surface area contributed by atoms with E-state index in [4.69, 9.17) is 14.2 Å². The molecule has 1 unspecified atom stereocenters. The lowest BCUT2D eigenvalue weighted by Crippen LogP contribution is -2.40. The molecule has 0 spiro atoms. The fourth-order valence-corrected chi connectivity index (χ4v) is 5.74. The molecule has 192 valence electrons. The van der Waals surface area contributed by atoms with E-state index in [1.165, 1.54) is 47.7 Å². The fraction of sp³-hybridized carbons (Fsp3) is 0.360. The predicted octanol–water partition coefficient (Wildman–Crippen LogP) is 1.78. The summed E-state index contributed by atoms with van der Waals surface area (Å²) in [6, 6.07) is 11.6. The number of carbonyl (C=O) groups is 2. The summed E-state index contributed by atoms with van der Waals surface area (Å²) in [4.78, 5) is 27.4. The second kappa shape index (κ2) is 10.8. The van der Waals surface area contributed by atoms with Crippen LogP contribution in [0.4, 0.5) is 0 Å². The van der Waals surface area contributed by atoms with Crippen molar-refractivity contribution in [1.82, 2.24) is 9.21 Å². The lowest BCUT2D eigenvalue weighted by Gasteiger charge is -2.26. The molecule has 0 saturated carbocycles. The van der Waals surface area contributed by atoms with Gasteiger partial charge in [-0.1, -0.05) is 12.1 Å². The monoisotopic (exact) mass is 516 g/mol. The molecule has 2 saturated heterocycles. The van der Waals surface area contributed by atoms with Crippen LogP contribution in [0.15, 0.2) is 59.0 Å². The van der Waals surface area contributed by atoms with Crippen LogP contribution in [0.25, 0.3) is 5.76 Å². The van der Waals surface area contributed by atoms with Gasteiger partial charge in [0.25, 0.3) is 11.7 Å². The molecular weight excluding hydrogens is 488 g/mol. The maximum absolute atomic E-state index is 13.1. The lowest BCUT2D eigenvalue weighted by atomic mass is 9.95. The van der Waals surface area contributed by atoms with Crippen LogP contribution in [0.1, 0.15) is 17.2 Å². The Balaban J connectivity index is 1.74. The van der Waals surface area contributed by atoms with Crippen LogP contribution in [0, 0.1) is 0 Å². The number of ketones is 1. The van der Waals surface area contributed by atoms with Crippen molar-refractivity contribution in [1.29, 1.82) is 0 Å². The number of hydrogen-bond acceptors (Lipinski definition) is 8. The average Bonchev–Trinajstić information content (AvgIpc) is 3.17. The molecule has 0 aliphatic carbocycles. The number of Topliss-reactive ketones (excluding diaryl/α,β-unsaturated/α-hetero) is 1. The van der Waals surface area contributed by atoms with E-state index in [1.54, 1.807) is 24.3 Å². The molecule has 1 atom stereocenters. The first-order chi connectivity index (χ1) is 17.3. The van der Waals surface area contributed by atoms with Gasteiger partial charge < -0.3 is 24.2 Å². The molecule has 2 aromatic rings. The average molecular weight is 517 g/mol. The SMILES string of the molecule is COCCN1C(=O)C(=O)C(=C(O)c2ccc(S(=O)(=O)N3CCOCC3)cc2)C1c1cccc(OC)c1. The Morgan fingerprint density at radius 3 is 2.42 bits per heavy atom. The molecular formula is C25H28N2O8S. The van der Waals surface area contributed by atoms with Crippen LogP contribution >= 0.6 is 0 Å². The minimum Gasteiger partial charge on any atom is -0.507 e.